The summed E-state index contributed by atoms with van der Waals surface area (Å²) in [5.74, 6) is -11.9. The van der Waals surface area contributed by atoms with Crippen LogP contribution in [0.4, 0.5) is 0 Å². The fourth-order valence-corrected chi connectivity index (χ4v) is 14.8. The summed E-state index contributed by atoms with van der Waals surface area (Å²) in [6.45, 7) is 15.6. The number of fused-ring (bicyclic) bond motifs is 9. The molecule has 0 N–H and O–H groups in total. The predicted molar refractivity (Wildman–Crippen MR) is 531 cm³/mol. The second-order valence-corrected chi connectivity index (χ2v) is 32.6. The molecule has 3 atom stereocenters. The molecular formula is C116H121Ir3N9O3-6. The van der Waals surface area contributed by atoms with E-state index >= 15 is 0 Å². The van der Waals surface area contributed by atoms with Crippen LogP contribution in [0, 0.1) is 91.5 Å². The van der Waals surface area contributed by atoms with Gasteiger partial charge in [-0.1, -0.05) is 225 Å². The van der Waals surface area contributed by atoms with Gasteiger partial charge in [0.2, 0.25) is 17.1 Å². The van der Waals surface area contributed by atoms with Crippen LogP contribution in [-0.4, -0.2) is 44.9 Å². The molecule has 12 nitrogen and oxygen atoms in total. The molecule has 0 aliphatic carbocycles. The van der Waals surface area contributed by atoms with E-state index in [0.29, 0.717) is 139 Å². The van der Waals surface area contributed by atoms with Crippen LogP contribution in [0.5, 0.6) is 0 Å². The van der Waals surface area contributed by atoms with Crippen molar-refractivity contribution in [3.63, 3.8) is 0 Å². The first-order valence-electron chi connectivity index (χ1n) is 56.7. The summed E-state index contributed by atoms with van der Waals surface area (Å²) in [7, 11) is 0. The second-order valence-electron chi connectivity index (χ2n) is 32.6. The minimum absolute atomic E-state index is 0. The number of benzene rings is 6. The molecular weight excluding hydrogens is 2140 g/mol. The molecule has 18 rings (SSSR count). The molecule has 131 heavy (non-hydrogen) atoms. The molecule has 12 aromatic heterocycles. The molecule has 0 amide bonds. The van der Waals surface area contributed by atoms with Crippen molar-refractivity contribution >= 4 is 66.2 Å². The molecule has 6 aromatic carbocycles. The van der Waals surface area contributed by atoms with Gasteiger partial charge in [0.25, 0.3) is 0 Å². The summed E-state index contributed by atoms with van der Waals surface area (Å²) in [5, 5.41) is 3.87. The molecule has 681 valence electrons. The van der Waals surface area contributed by atoms with Gasteiger partial charge >= 0.3 is 0 Å². The Balaban J connectivity index is 0.000000202. The zero-order chi connectivity index (χ0) is 117. The molecule has 0 saturated heterocycles. The van der Waals surface area contributed by atoms with Crippen LogP contribution in [-0.2, 0) is 60.3 Å². The number of furan rings is 3. The third-order valence-electron chi connectivity index (χ3n) is 21.2. The summed E-state index contributed by atoms with van der Waals surface area (Å²) >= 11 is 0. The number of pyridine rings is 9. The summed E-state index contributed by atoms with van der Waals surface area (Å²) in [6.07, 6.45) is 8.35. The van der Waals surface area contributed by atoms with E-state index in [1.807, 2.05) is 86.6 Å². The minimum atomic E-state index is -2.79. The molecule has 0 aliphatic rings. The zero-order valence-corrected chi connectivity index (χ0v) is 83.6. The van der Waals surface area contributed by atoms with Gasteiger partial charge in [0, 0.05) is 172 Å². The normalized spacial score (nSPS) is 17.1. The van der Waals surface area contributed by atoms with Crippen molar-refractivity contribution in [3.8, 4) is 67.5 Å². The number of hydrogen-bond acceptors (Lipinski definition) is 12. The molecule has 0 saturated carbocycles. The number of rotatable bonds is 15. The van der Waals surface area contributed by atoms with Crippen molar-refractivity contribution in [2.45, 2.75) is 233 Å². The van der Waals surface area contributed by atoms with Crippen LogP contribution in [0.25, 0.3) is 134 Å². The fraction of sp³-hybridized carbons (Fsp3) is 0.302. The fourth-order valence-electron chi connectivity index (χ4n) is 14.8. The van der Waals surface area contributed by atoms with Crippen LogP contribution in [0.2, 0.25) is 0 Å². The van der Waals surface area contributed by atoms with Gasteiger partial charge in [-0.25, -0.2) is 15.0 Å². The predicted octanol–water partition coefficient (Wildman–Crippen LogP) is 31.7. The Hall–Kier alpha value is -11.0. The van der Waals surface area contributed by atoms with Crippen LogP contribution < -0.4 is 0 Å². The van der Waals surface area contributed by atoms with Crippen molar-refractivity contribution in [2.75, 3.05) is 0 Å². The monoisotopic (exact) mass is 2300 g/mol. The topological polar surface area (TPSA) is 155 Å². The van der Waals surface area contributed by atoms with Crippen molar-refractivity contribution in [3.05, 3.63) is 338 Å². The van der Waals surface area contributed by atoms with Gasteiger partial charge in [0.15, 0.2) is 0 Å². The first-order chi connectivity index (χ1) is 72.5. The van der Waals surface area contributed by atoms with E-state index in [-0.39, 0.29) is 105 Å². The second kappa shape index (κ2) is 45.4. The van der Waals surface area contributed by atoms with E-state index < -0.39 is 101 Å². The molecule has 0 bridgehead atoms. The van der Waals surface area contributed by atoms with Gasteiger partial charge in [-0.05, 0) is 215 Å². The maximum atomic E-state index is 8.79. The SMILES string of the molecule is [2H]C(C)(C)c1cc(C)nc2oc3c(-c4cc(C([2H])(C)C([2H])([2H])[2H])c(C)cn4)[c-]cc(C([2H])(C)C)c3c12.[2H]C(C)(C)c1cc(C)nc2oc3c(-c4cc(C([2H])(C)C([2H])([2H])[2H])ccn4)[c-]cc(C([2H])(C)C)c3c12.[2H]C([2H])([2H])c1cc(-c2[c-]cc(C([2H])(C)C)c3c2oc2nc(C)cc(C([2H])(C)C)c23)ncc1C([2H])(C)C([2H])([2H])[2H].[2H]C([2H])([2H])c1ccc(-c2[c-]cccc2)nc1.[2H]C([2H])([2H])c1ccc(-c2[c-]cccc2)nc1.[2H]C([2H])([2H])c1ccc(-c2[c-]cccc2)nc1.[Ir].[Ir].[Ir]. The number of aryl methyl sites for hydroxylation is 8. The molecule has 3 radical (unpaired) electrons. The van der Waals surface area contributed by atoms with Gasteiger partial charge in [0.1, 0.15) is 0 Å². The number of nitrogens with zero attached hydrogens (tertiary/aromatic N) is 9. The van der Waals surface area contributed by atoms with Gasteiger partial charge in [-0.15, -0.1) is 161 Å². The van der Waals surface area contributed by atoms with Gasteiger partial charge in [-0.3, -0.25) is 0 Å². The maximum Gasteiger partial charge on any atom is 0.216 e. The largest absolute Gasteiger partial charge is 0.486 e. The number of aromatic nitrogens is 9. The van der Waals surface area contributed by atoms with Crippen LogP contribution in [0.3, 0.4) is 0 Å². The Labute approximate surface area is 859 Å². The van der Waals surface area contributed by atoms with Crippen molar-refractivity contribution in [1.82, 2.24) is 44.9 Å². The van der Waals surface area contributed by atoms with Crippen LogP contribution in [0.15, 0.2) is 220 Å². The average molecular weight is 2300 g/mol. The summed E-state index contributed by atoms with van der Waals surface area (Å²) in [4.78, 5) is 39.5. The van der Waals surface area contributed by atoms with Gasteiger partial charge < -0.3 is 43.2 Å². The average Bonchev–Trinajstić information content (AvgIpc) is 1.57. The smallest absolute Gasteiger partial charge is 0.216 e. The van der Waals surface area contributed by atoms with E-state index in [2.05, 4.69) is 81.3 Å². The summed E-state index contributed by atoms with van der Waals surface area (Å²) in [5.41, 5.74) is 16.9. The Bertz CT molecular complexity index is 8060. The molecule has 0 fully saturated rings. The molecule has 18 aromatic rings. The Morgan fingerprint density at radius 1 is 0.290 bits per heavy atom. The van der Waals surface area contributed by atoms with E-state index in [9.17, 15) is 0 Å². The first kappa shape index (κ1) is 67.2. The van der Waals surface area contributed by atoms with Gasteiger partial charge in [-0.2, -0.15) is 0 Å². The molecule has 15 heteroatoms. The Morgan fingerprint density at radius 2 is 0.634 bits per heavy atom. The van der Waals surface area contributed by atoms with Crippen LogP contribution in [0.1, 0.15) is 314 Å². The van der Waals surface area contributed by atoms with Crippen molar-refractivity contribution in [2.24, 2.45) is 0 Å². The molecule has 12 heterocycles. The van der Waals surface area contributed by atoms with Crippen molar-refractivity contribution < 1.29 is 115 Å². The third kappa shape index (κ3) is 23.7. The quantitative estimate of drug-likeness (QED) is 0.0897. The first-order valence-corrected chi connectivity index (χ1v) is 41.7. The standard InChI is InChI=1S/2C27H31N2O.C26H29N2O.3C12H10N.3Ir/c1-14(2)19-9-10-20(23-12-21(15(3)4)17(7)13-28-23)26-24(19)25-22(16(5)6)11-18(8)29-27(25)30-26;1-14(2)19-9-10-20(23-11-17(7)22(13-28-23)16(5)6)26-24(19)25-21(15(3)4)12-18(8)29-27(25)30-26;1-14(2)18-10-11-27-22(13-18)20-9-8-19(15(3)4)23-24-21(16(5)6)12-17(7)28-26(24)29-25(20)23;3*1-10-7-8-12(13-9-10)11-5-3-2-4-6-11;;;/h2*9,11-16H,1-8H3;8,10-16H,1-7H3;3*2-5,7-9H,1H3;;;/q6*-1;;;/i3D3,14D,15D,16D;5D3,7D3,14D,15D,16D;1D3,14D,15D,16D;3*1D3;;;. The van der Waals surface area contributed by atoms with Crippen molar-refractivity contribution in [1.29, 1.82) is 0 Å². The number of hydrogen-bond donors (Lipinski definition) is 0. The Kier molecular flexibility index (Phi) is 23.3. The van der Waals surface area contributed by atoms with E-state index in [1.54, 1.807) is 188 Å². The van der Waals surface area contributed by atoms with Crippen LogP contribution >= 0.6 is 0 Å². The molecule has 3 unspecified atom stereocenters. The van der Waals surface area contributed by atoms with Gasteiger partial charge in [0.05, 0.1) is 16.7 Å². The van der Waals surface area contributed by atoms with E-state index in [4.69, 9.17) is 54.4 Å². The Morgan fingerprint density at radius 3 is 0.954 bits per heavy atom. The molecule has 0 aliphatic heterocycles. The maximum absolute atomic E-state index is 8.79. The summed E-state index contributed by atoms with van der Waals surface area (Å²) in [6, 6.07) is 67.6. The van der Waals surface area contributed by atoms with E-state index in [1.165, 1.54) is 50.8 Å². The summed E-state index contributed by atoms with van der Waals surface area (Å²) < 4.78 is 257. The third-order valence-corrected chi connectivity index (χ3v) is 21.2. The minimum Gasteiger partial charge on any atom is -0.486 e. The van der Waals surface area contributed by atoms with E-state index in [0.717, 1.165) is 58.0 Å². The molecule has 0 spiro atoms. The zero-order valence-electron chi connectivity index (χ0n) is 106.